The maximum absolute atomic E-state index is 13.6. The molecule has 0 radical (unpaired) electrons. The second kappa shape index (κ2) is 8.06. The summed E-state index contributed by atoms with van der Waals surface area (Å²) in [7, 11) is 0. The Morgan fingerprint density at radius 2 is 1.82 bits per heavy atom. The lowest BCUT2D eigenvalue weighted by Crippen LogP contribution is -2.68. The molecule has 1 saturated heterocycles. The van der Waals surface area contributed by atoms with Gasteiger partial charge in [0.05, 0.1) is 6.61 Å². The Kier molecular flexibility index (Phi) is 5.02. The fourth-order valence-electron chi connectivity index (χ4n) is 5.40. The summed E-state index contributed by atoms with van der Waals surface area (Å²) >= 11 is 6.43. The van der Waals surface area contributed by atoms with Crippen molar-refractivity contribution < 1.29 is 19.4 Å². The first-order chi connectivity index (χ1) is 16.2. The molecule has 0 spiro atoms. The van der Waals surface area contributed by atoms with Crippen molar-refractivity contribution in [1.29, 1.82) is 0 Å². The van der Waals surface area contributed by atoms with Gasteiger partial charge in [-0.25, -0.2) is 0 Å². The molecular formula is C26H23ClN2O4. The highest BCUT2D eigenvalue weighted by Crippen LogP contribution is 2.49. The molecule has 0 aliphatic carbocycles. The van der Waals surface area contributed by atoms with Crippen LogP contribution in [0, 0.1) is 0 Å². The van der Waals surface area contributed by atoms with Crippen molar-refractivity contribution in [2.75, 3.05) is 24.8 Å². The third-order valence-corrected chi connectivity index (χ3v) is 7.37. The SMILES string of the molecule is O=C(c1ccc2c(c1)OCO2)N1C[C@@H]2[C@H](c3ccccc31)[C@H](CO)N2Cc1ccccc1Cl. The zero-order chi connectivity index (χ0) is 22.5. The van der Waals surface area contributed by atoms with E-state index in [0.29, 0.717) is 35.2 Å². The third kappa shape index (κ3) is 3.29. The molecule has 3 aliphatic heterocycles. The number of carbonyl (C=O) groups is 1. The van der Waals surface area contributed by atoms with Gasteiger partial charge in [0.15, 0.2) is 11.5 Å². The van der Waals surface area contributed by atoms with Gasteiger partial charge < -0.3 is 19.5 Å². The summed E-state index contributed by atoms with van der Waals surface area (Å²) < 4.78 is 10.9. The van der Waals surface area contributed by atoms with Crippen LogP contribution in [0.25, 0.3) is 0 Å². The second-order valence-electron chi connectivity index (χ2n) is 8.65. The average Bonchev–Trinajstić information content (AvgIpc) is 3.31. The van der Waals surface area contributed by atoms with E-state index < -0.39 is 0 Å². The molecule has 1 N–H and O–H groups in total. The highest BCUT2D eigenvalue weighted by atomic mass is 35.5. The smallest absolute Gasteiger partial charge is 0.258 e. The number of anilines is 1. The quantitative estimate of drug-likeness (QED) is 0.633. The molecule has 0 unspecified atom stereocenters. The van der Waals surface area contributed by atoms with Gasteiger partial charge in [0.25, 0.3) is 5.91 Å². The molecule has 3 aromatic carbocycles. The van der Waals surface area contributed by atoms with E-state index >= 15 is 0 Å². The summed E-state index contributed by atoms with van der Waals surface area (Å²) in [5.41, 5.74) is 3.57. The van der Waals surface area contributed by atoms with Gasteiger partial charge in [-0.2, -0.15) is 0 Å². The van der Waals surface area contributed by atoms with Crippen molar-refractivity contribution in [1.82, 2.24) is 4.90 Å². The Labute approximate surface area is 196 Å². The van der Waals surface area contributed by atoms with Crippen LogP contribution in [-0.4, -0.2) is 47.9 Å². The first-order valence-corrected chi connectivity index (χ1v) is 11.4. The standard InChI is InChI=1S/C26H23ClN2O4/c27-19-7-3-1-5-17(19)12-28-21-13-29(20-8-4-2-6-18(20)25(21)22(28)14-30)26(31)16-9-10-23-24(11-16)33-15-32-23/h1-11,21-22,25,30H,12-15H2/t21-,22+,25+/m1/s1. The average molecular weight is 463 g/mol. The fraction of sp³-hybridized carbons (Fsp3) is 0.269. The highest BCUT2D eigenvalue weighted by molar-refractivity contribution is 6.31. The summed E-state index contributed by atoms with van der Waals surface area (Å²) in [6.45, 7) is 1.38. The van der Waals surface area contributed by atoms with Gasteiger partial charge in [0, 0.05) is 47.4 Å². The normalized spacial score (nSPS) is 23.0. The zero-order valence-electron chi connectivity index (χ0n) is 17.9. The van der Waals surface area contributed by atoms with Crippen LogP contribution in [-0.2, 0) is 6.54 Å². The number of aliphatic hydroxyl groups is 1. The molecule has 7 heteroatoms. The fourth-order valence-corrected chi connectivity index (χ4v) is 5.60. The Morgan fingerprint density at radius 1 is 1.03 bits per heavy atom. The molecule has 3 aromatic rings. The first-order valence-electron chi connectivity index (χ1n) is 11.1. The molecule has 168 valence electrons. The van der Waals surface area contributed by atoms with Crippen molar-refractivity contribution in [2.24, 2.45) is 0 Å². The van der Waals surface area contributed by atoms with Gasteiger partial charge >= 0.3 is 0 Å². The number of benzene rings is 3. The number of fused-ring (bicyclic) bond motifs is 4. The molecule has 3 heterocycles. The predicted octanol–water partition coefficient (Wildman–Crippen LogP) is 4.06. The topological polar surface area (TPSA) is 62.2 Å². The van der Waals surface area contributed by atoms with E-state index in [1.165, 1.54) is 0 Å². The van der Waals surface area contributed by atoms with Crippen LogP contribution in [0.4, 0.5) is 5.69 Å². The molecule has 33 heavy (non-hydrogen) atoms. The number of hydrogen-bond donors (Lipinski definition) is 1. The minimum absolute atomic E-state index is 0.0183. The molecule has 6 rings (SSSR count). The van der Waals surface area contributed by atoms with Crippen LogP contribution >= 0.6 is 11.6 Å². The Bertz CT molecular complexity index is 1230. The number of hydrogen-bond acceptors (Lipinski definition) is 5. The third-order valence-electron chi connectivity index (χ3n) is 7.00. The summed E-state index contributed by atoms with van der Waals surface area (Å²) in [6, 6.07) is 21.2. The van der Waals surface area contributed by atoms with Crippen molar-refractivity contribution in [3.05, 3.63) is 88.4 Å². The number of nitrogens with zero attached hydrogens (tertiary/aromatic N) is 2. The Hall–Kier alpha value is -3.06. The first kappa shape index (κ1) is 20.5. The maximum Gasteiger partial charge on any atom is 0.258 e. The van der Waals surface area contributed by atoms with E-state index in [1.54, 1.807) is 18.2 Å². The van der Waals surface area contributed by atoms with Gasteiger partial charge in [0.1, 0.15) is 0 Å². The van der Waals surface area contributed by atoms with Crippen molar-refractivity contribution >= 4 is 23.2 Å². The van der Waals surface area contributed by atoms with Crippen molar-refractivity contribution in [3.63, 3.8) is 0 Å². The maximum atomic E-state index is 13.6. The molecule has 3 atom stereocenters. The van der Waals surface area contributed by atoms with Crippen LogP contribution in [0.2, 0.25) is 5.02 Å². The summed E-state index contributed by atoms with van der Waals surface area (Å²) in [5, 5.41) is 10.9. The predicted molar refractivity (Wildman–Crippen MR) is 125 cm³/mol. The van der Waals surface area contributed by atoms with Gasteiger partial charge in [-0.05, 0) is 41.5 Å². The van der Waals surface area contributed by atoms with Gasteiger partial charge in [-0.1, -0.05) is 48.0 Å². The molecular weight excluding hydrogens is 440 g/mol. The summed E-state index contributed by atoms with van der Waals surface area (Å²) in [6.07, 6.45) is 0. The number of halogens is 1. The van der Waals surface area contributed by atoms with Crippen molar-refractivity contribution in [3.8, 4) is 11.5 Å². The lowest BCUT2D eigenvalue weighted by Gasteiger charge is -2.59. The van der Waals surface area contributed by atoms with E-state index in [4.69, 9.17) is 21.1 Å². The number of carbonyl (C=O) groups excluding carboxylic acids is 1. The second-order valence-corrected chi connectivity index (χ2v) is 9.06. The monoisotopic (exact) mass is 462 g/mol. The molecule has 0 aromatic heterocycles. The molecule has 6 nitrogen and oxygen atoms in total. The minimum Gasteiger partial charge on any atom is -0.454 e. The van der Waals surface area contributed by atoms with E-state index in [2.05, 4.69) is 11.0 Å². The van der Waals surface area contributed by atoms with Gasteiger partial charge in [0.2, 0.25) is 6.79 Å². The van der Waals surface area contributed by atoms with Crippen LogP contribution in [0.1, 0.15) is 27.4 Å². The van der Waals surface area contributed by atoms with Crippen LogP contribution in [0.5, 0.6) is 11.5 Å². The summed E-state index contributed by atoms with van der Waals surface area (Å²) in [4.78, 5) is 17.8. The summed E-state index contributed by atoms with van der Waals surface area (Å²) in [5.74, 6) is 1.33. The van der Waals surface area contributed by atoms with Crippen molar-refractivity contribution in [2.45, 2.75) is 24.5 Å². The number of amides is 1. The highest BCUT2D eigenvalue weighted by Gasteiger charge is 2.53. The zero-order valence-corrected chi connectivity index (χ0v) is 18.6. The number of aliphatic hydroxyl groups excluding tert-OH is 1. The van der Waals surface area contributed by atoms with E-state index in [1.807, 2.05) is 47.4 Å². The molecule has 3 aliphatic rings. The van der Waals surface area contributed by atoms with E-state index in [9.17, 15) is 9.90 Å². The molecule has 0 bridgehead atoms. The Morgan fingerprint density at radius 3 is 2.67 bits per heavy atom. The lowest BCUT2D eigenvalue weighted by atomic mass is 9.71. The van der Waals surface area contributed by atoms with E-state index in [-0.39, 0.29) is 37.3 Å². The van der Waals surface area contributed by atoms with Crippen LogP contribution < -0.4 is 14.4 Å². The van der Waals surface area contributed by atoms with E-state index in [0.717, 1.165) is 16.8 Å². The van der Waals surface area contributed by atoms with Gasteiger partial charge in [-0.3, -0.25) is 9.69 Å². The largest absolute Gasteiger partial charge is 0.454 e. The minimum atomic E-state index is -0.0793. The number of ether oxygens (including phenoxy) is 2. The lowest BCUT2D eigenvalue weighted by molar-refractivity contribution is -0.0488. The van der Waals surface area contributed by atoms with Crippen LogP contribution in [0.15, 0.2) is 66.7 Å². The number of likely N-dealkylation sites (tertiary alicyclic amines) is 1. The Balaban J connectivity index is 1.35. The number of para-hydroxylation sites is 1. The van der Waals surface area contributed by atoms with Gasteiger partial charge in [-0.15, -0.1) is 0 Å². The molecule has 0 saturated carbocycles. The molecule has 1 amide bonds. The number of rotatable bonds is 4. The van der Waals surface area contributed by atoms with Crippen LogP contribution in [0.3, 0.4) is 0 Å². The molecule has 1 fully saturated rings.